The Morgan fingerprint density at radius 1 is 1.35 bits per heavy atom. The topological polar surface area (TPSA) is 71.8 Å². The zero-order valence-electron chi connectivity index (χ0n) is 10.1. The summed E-state index contributed by atoms with van der Waals surface area (Å²) >= 11 is 0. The number of para-hydroxylation sites is 1. The molecule has 17 heavy (non-hydrogen) atoms. The summed E-state index contributed by atoms with van der Waals surface area (Å²) in [5, 5.41) is 0.605. The van der Waals surface area contributed by atoms with Crippen LogP contribution in [0.15, 0.2) is 29.1 Å². The summed E-state index contributed by atoms with van der Waals surface area (Å²) in [4.78, 5) is 19.0. The molecule has 4 heteroatoms. The highest BCUT2D eigenvalue weighted by Crippen LogP contribution is 2.16. The minimum Gasteiger partial charge on any atom is -0.321 e. The average Bonchev–Trinajstić information content (AvgIpc) is 2.28. The van der Waals surface area contributed by atoms with Crippen molar-refractivity contribution in [3.63, 3.8) is 0 Å². The SMILES string of the molecule is CC(C)CC(N)c1nc2ccccc2c(=O)[nH]1. The number of aromatic nitrogens is 2. The Morgan fingerprint density at radius 3 is 2.76 bits per heavy atom. The second-order valence-electron chi connectivity index (χ2n) is 4.70. The van der Waals surface area contributed by atoms with E-state index in [0.29, 0.717) is 22.6 Å². The quantitative estimate of drug-likeness (QED) is 0.848. The standard InChI is InChI=1S/C13H17N3O/c1-8(2)7-10(14)12-15-11-6-4-3-5-9(11)13(17)16-12/h3-6,8,10H,7,14H2,1-2H3,(H,15,16,17). The molecule has 4 nitrogen and oxygen atoms in total. The fourth-order valence-corrected chi connectivity index (χ4v) is 1.90. The predicted octanol–water partition coefficient (Wildman–Crippen LogP) is 1.97. The Kier molecular flexibility index (Phi) is 3.24. The van der Waals surface area contributed by atoms with Crippen LogP contribution in [0.4, 0.5) is 0 Å². The summed E-state index contributed by atoms with van der Waals surface area (Å²) in [6.07, 6.45) is 0.807. The number of hydrogen-bond donors (Lipinski definition) is 2. The first-order valence-electron chi connectivity index (χ1n) is 5.82. The first kappa shape index (κ1) is 11.8. The Balaban J connectivity index is 2.46. The highest BCUT2D eigenvalue weighted by atomic mass is 16.1. The molecule has 0 aliphatic heterocycles. The van der Waals surface area contributed by atoms with Crippen LogP contribution in [-0.4, -0.2) is 9.97 Å². The maximum Gasteiger partial charge on any atom is 0.258 e. The first-order valence-corrected chi connectivity index (χ1v) is 5.82. The molecule has 1 aromatic carbocycles. The molecule has 3 N–H and O–H groups in total. The fraction of sp³-hybridized carbons (Fsp3) is 0.385. The summed E-state index contributed by atoms with van der Waals surface area (Å²) in [6.45, 7) is 4.19. The number of nitrogens with one attached hydrogen (secondary N) is 1. The molecule has 0 saturated carbocycles. The van der Waals surface area contributed by atoms with Gasteiger partial charge in [-0.25, -0.2) is 4.98 Å². The summed E-state index contributed by atoms with van der Waals surface area (Å²) in [7, 11) is 0. The molecule has 0 amide bonds. The third-order valence-electron chi connectivity index (χ3n) is 2.71. The third kappa shape index (κ3) is 2.53. The van der Waals surface area contributed by atoms with E-state index in [-0.39, 0.29) is 11.6 Å². The first-order chi connectivity index (χ1) is 8.08. The van der Waals surface area contributed by atoms with Gasteiger partial charge in [0.15, 0.2) is 0 Å². The van der Waals surface area contributed by atoms with Crippen LogP contribution in [0.1, 0.15) is 32.1 Å². The van der Waals surface area contributed by atoms with Gasteiger partial charge in [0.25, 0.3) is 5.56 Å². The number of hydrogen-bond acceptors (Lipinski definition) is 3. The van der Waals surface area contributed by atoms with Gasteiger partial charge in [0, 0.05) is 0 Å². The van der Waals surface area contributed by atoms with E-state index in [2.05, 4.69) is 23.8 Å². The van der Waals surface area contributed by atoms with Crippen molar-refractivity contribution in [2.24, 2.45) is 11.7 Å². The van der Waals surface area contributed by atoms with Gasteiger partial charge < -0.3 is 10.7 Å². The number of nitrogens with zero attached hydrogens (tertiary/aromatic N) is 1. The molecule has 1 atom stereocenters. The lowest BCUT2D eigenvalue weighted by molar-refractivity contribution is 0.493. The van der Waals surface area contributed by atoms with Crippen molar-refractivity contribution in [1.82, 2.24) is 9.97 Å². The van der Waals surface area contributed by atoms with Crippen LogP contribution in [0.25, 0.3) is 10.9 Å². The summed E-state index contributed by atoms with van der Waals surface area (Å²) in [6, 6.07) is 7.07. The van der Waals surface area contributed by atoms with Crippen LogP contribution in [0, 0.1) is 5.92 Å². The van der Waals surface area contributed by atoms with Crippen molar-refractivity contribution in [3.05, 3.63) is 40.4 Å². The van der Waals surface area contributed by atoms with E-state index in [9.17, 15) is 4.79 Å². The Hall–Kier alpha value is -1.68. The van der Waals surface area contributed by atoms with Gasteiger partial charge in [-0.3, -0.25) is 4.79 Å². The van der Waals surface area contributed by atoms with Gasteiger partial charge in [-0.05, 0) is 24.5 Å². The van der Waals surface area contributed by atoms with Gasteiger partial charge in [0.05, 0.1) is 16.9 Å². The van der Waals surface area contributed by atoms with Crippen LogP contribution in [0.2, 0.25) is 0 Å². The molecule has 0 bridgehead atoms. The van der Waals surface area contributed by atoms with Gasteiger partial charge in [-0.1, -0.05) is 26.0 Å². The molecule has 1 heterocycles. The van der Waals surface area contributed by atoms with Gasteiger partial charge in [0.2, 0.25) is 0 Å². The number of H-pyrrole nitrogens is 1. The molecule has 90 valence electrons. The minimum atomic E-state index is -0.215. The maximum atomic E-state index is 11.8. The molecule has 1 aromatic heterocycles. The van der Waals surface area contributed by atoms with Crippen LogP contribution in [0.3, 0.4) is 0 Å². The molecular formula is C13H17N3O. The molecule has 1 unspecified atom stereocenters. The highest BCUT2D eigenvalue weighted by Gasteiger charge is 2.12. The summed E-state index contributed by atoms with van der Waals surface area (Å²) < 4.78 is 0. The lowest BCUT2D eigenvalue weighted by Gasteiger charge is -2.13. The van der Waals surface area contributed by atoms with Crippen molar-refractivity contribution in [2.75, 3.05) is 0 Å². The summed E-state index contributed by atoms with van der Waals surface area (Å²) in [5.41, 5.74) is 6.60. The molecule has 2 rings (SSSR count). The van der Waals surface area contributed by atoms with E-state index < -0.39 is 0 Å². The van der Waals surface area contributed by atoms with Crippen LogP contribution in [-0.2, 0) is 0 Å². The van der Waals surface area contributed by atoms with Crippen molar-refractivity contribution >= 4 is 10.9 Å². The van der Waals surface area contributed by atoms with E-state index in [1.54, 1.807) is 6.07 Å². The van der Waals surface area contributed by atoms with E-state index >= 15 is 0 Å². The number of aromatic amines is 1. The molecule has 0 aliphatic carbocycles. The highest BCUT2D eigenvalue weighted by molar-refractivity contribution is 5.77. The van der Waals surface area contributed by atoms with Gasteiger partial charge in [-0.15, -0.1) is 0 Å². The molecular weight excluding hydrogens is 214 g/mol. The third-order valence-corrected chi connectivity index (χ3v) is 2.71. The number of benzene rings is 1. The van der Waals surface area contributed by atoms with Crippen LogP contribution < -0.4 is 11.3 Å². The second kappa shape index (κ2) is 4.67. The number of rotatable bonds is 3. The zero-order valence-corrected chi connectivity index (χ0v) is 10.1. The molecule has 0 spiro atoms. The molecule has 0 radical (unpaired) electrons. The zero-order chi connectivity index (χ0) is 12.4. The van der Waals surface area contributed by atoms with Crippen LogP contribution >= 0.6 is 0 Å². The Bertz CT molecular complexity index is 574. The predicted molar refractivity (Wildman–Crippen MR) is 68.7 cm³/mol. The molecule has 0 fully saturated rings. The van der Waals surface area contributed by atoms with E-state index in [1.165, 1.54) is 0 Å². The summed E-state index contributed by atoms with van der Waals surface area (Å²) in [5.74, 6) is 1.05. The number of fused-ring (bicyclic) bond motifs is 1. The van der Waals surface area contributed by atoms with E-state index in [4.69, 9.17) is 5.73 Å². The molecule has 2 aromatic rings. The monoisotopic (exact) mass is 231 g/mol. The number of nitrogens with two attached hydrogens (primary N) is 1. The largest absolute Gasteiger partial charge is 0.321 e. The second-order valence-corrected chi connectivity index (χ2v) is 4.70. The average molecular weight is 231 g/mol. The smallest absolute Gasteiger partial charge is 0.258 e. The fourth-order valence-electron chi connectivity index (χ4n) is 1.90. The Morgan fingerprint density at radius 2 is 2.06 bits per heavy atom. The lowest BCUT2D eigenvalue weighted by atomic mass is 10.0. The van der Waals surface area contributed by atoms with Crippen molar-refractivity contribution in [1.29, 1.82) is 0 Å². The van der Waals surface area contributed by atoms with E-state index in [0.717, 1.165) is 6.42 Å². The van der Waals surface area contributed by atoms with Gasteiger partial charge in [-0.2, -0.15) is 0 Å². The van der Waals surface area contributed by atoms with Gasteiger partial charge >= 0.3 is 0 Å². The lowest BCUT2D eigenvalue weighted by Crippen LogP contribution is -2.21. The van der Waals surface area contributed by atoms with Crippen molar-refractivity contribution < 1.29 is 0 Å². The van der Waals surface area contributed by atoms with Crippen molar-refractivity contribution in [2.45, 2.75) is 26.3 Å². The van der Waals surface area contributed by atoms with Crippen LogP contribution in [0.5, 0.6) is 0 Å². The Labute approximate surface area is 99.9 Å². The van der Waals surface area contributed by atoms with E-state index in [1.807, 2.05) is 18.2 Å². The molecule has 0 aliphatic rings. The maximum absolute atomic E-state index is 11.8. The minimum absolute atomic E-state index is 0.121. The molecule has 0 saturated heterocycles. The van der Waals surface area contributed by atoms with Crippen molar-refractivity contribution in [3.8, 4) is 0 Å². The van der Waals surface area contributed by atoms with Gasteiger partial charge in [0.1, 0.15) is 5.82 Å². The normalized spacial score (nSPS) is 13.2.